The van der Waals surface area contributed by atoms with E-state index in [9.17, 15) is 4.48 Å². The van der Waals surface area contributed by atoms with Crippen molar-refractivity contribution in [2.24, 2.45) is 0 Å². The van der Waals surface area contributed by atoms with Gasteiger partial charge < -0.3 is 0 Å². The maximum atomic E-state index is 10.9. The monoisotopic (exact) mass is 77.0 g/mol. The second kappa shape index (κ2) is 1.69. The van der Waals surface area contributed by atoms with Crippen LogP contribution in [0, 0.1) is 0 Å². The summed E-state index contributed by atoms with van der Waals surface area (Å²) in [7, 11) is 1.02. The van der Waals surface area contributed by atoms with Gasteiger partial charge in [-0.1, -0.05) is 4.48 Å². The van der Waals surface area contributed by atoms with Crippen molar-refractivity contribution in [1.29, 1.82) is 0 Å². The zero-order valence-electron chi connectivity index (χ0n) is 2.81. The van der Waals surface area contributed by atoms with E-state index in [1.54, 1.807) is 0 Å². The normalized spacial score (nSPS) is 6.80. The molecule has 0 heterocycles. The minimum Gasteiger partial charge on any atom is -0.276 e. The SMILES string of the molecule is CN(F)C=O. The number of nitrogens with zero attached hydrogens (tertiary/aromatic N) is 1. The molecule has 1 amide bonds. The topological polar surface area (TPSA) is 20.3 Å². The summed E-state index contributed by atoms with van der Waals surface area (Å²) in [5, 5.41) is -0.0556. The van der Waals surface area contributed by atoms with Crippen molar-refractivity contribution < 1.29 is 9.28 Å². The van der Waals surface area contributed by atoms with Crippen molar-refractivity contribution in [2.75, 3.05) is 7.05 Å². The summed E-state index contributed by atoms with van der Waals surface area (Å²) in [5.74, 6) is 0. The van der Waals surface area contributed by atoms with Gasteiger partial charge >= 0.3 is 0 Å². The number of rotatable bonds is 1. The van der Waals surface area contributed by atoms with Crippen LogP contribution in [0.15, 0.2) is 0 Å². The van der Waals surface area contributed by atoms with E-state index in [2.05, 4.69) is 0 Å². The minimum atomic E-state index is -0.0556. The molecule has 0 aliphatic heterocycles. The maximum Gasteiger partial charge on any atom is 0.237 e. The van der Waals surface area contributed by atoms with E-state index in [4.69, 9.17) is 4.79 Å². The fourth-order valence-corrected chi connectivity index (χ4v) is 0. The van der Waals surface area contributed by atoms with Crippen LogP contribution in [0.3, 0.4) is 0 Å². The lowest BCUT2D eigenvalue weighted by Gasteiger charge is -1.85. The van der Waals surface area contributed by atoms with E-state index in [1.165, 1.54) is 0 Å². The summed E-state index contributed by atoms with van der Waals surface area (Å²) < 4.78 is 10.9. The molecule has 0 aromatic heterocycles. The first-order valence-corrected chi connectivity index (χ1v) is 1.11. The standard InChI is InChI=1S/C2H4FNO/c1-4(3)2-5/h2H,1H3. The molecule has 0 aliphatic rings. The Hall–Kier alpha value is -0.600. The molecule has 30 valence electrons. The van der Waals surface area contributed by atoms with Gasteiger partial charge in [0.25, 0.3) is 0 Å². The molecule has 0 bridgehead atoms. The molecule has 0 radical (unpaired) electrons. The summed E-state index contributed by atoms with van der Waals surface area (Å²) in [6.45, 7) is 0. The van der Waals surface area contributed by atoms with E-state index >= 15 is 0 Å². The van der Waals surface area contributed by atoms with Crippen LogP contribution in [0.1, 0.15) is 0 Å². The van der Waals surface area contributed by atoms with Crippen LogP contribution in [-0.4, -0.2) is 18.6 Å². The van der Waals surface area contributed by atoms with Crippen molar-refractivity contribution in [3.05, 3.63) is 0 Å². The fourth-order valence-electron chi connectivity index (χ4n) is 0. The average Bonchev–Trinajstić information content (AvgIpc) is 1.38. The number of carbonyl (C=O) groups is 1. The summed E-state index contributed by atoms with van der Waals surface area (Å²) in [6.07, 6.45) is 0.0833. The van der Waals surface area contributed by atoms with Gasteiger partial charge in [-0.05, 0) is 0 Å². The van der Waals surface area contributed by atoms with Crippen LogP contribution >= 0.6 is 0 Å². The third-order valence-corrected chi connectivity index (χ3v) is 0.145. The van der Waals surface area contributed by atoms with Gasteiger partial charge in [0.05, 0.1) is 0 Å². The predicted octanol–water partition coefficient (Wildman–Crippen LogP) is -0.0409. The Bertz CT molecular complexity index is 36.6. The fraction of sp³-hybridized carbons (Fsp3) is 0.500. The lowest BCUT2D eigenvalue weighted by atomic mass is 11.2. The summed E-state index contributed by atoms with van der Waals surface area (Å²) >= 11 is 0. The highest BCUT2D eigenvalue weighted by atomic mass is 19.2. The minimum absolute atomic E-state index is 0.0556. The highest BCUT2D eigenvalue weighted by Gasteiger charge is 1.74. The quantitative estimate of drug-likeness (QED) is 0.317. The Morgan fingerprint density at radius 3 is 2.20 bits per heavy atom. The van der Waals surface area contributed by atoms with Crippen LogP contribution in [0.4, 0.5) is 4.48 Å². The lowest BCUT2D eigenvalue weighted by molar-refractivity contribution is -0.128. The molecular weight excluding hydrogens is 73.0 g/mol. The molecule has 0 saturated heterocycles. The number of hydrogen-bond acceptors (Lipinski definition) is 1. The summed E-state index contributed by atoms with van der Waals surface area (Å²) in [6, 6.07) is 0. The molecule has 3 heteroatoms. The number of amides is 1. The second-order valence-corrected chi connectivity index (χ2v) is 0.630. The first-order chi connectivity index (χ1) is 2.27. The molecule has 0 aromatic carbocycles. The Kier molecular flexibility index (Phi) is 1.49. The van der Waals surface area contributed by atoms with Gasteiger partial charge in [0.1, 0.15) is 0 Å². The van der Waals surface area contributed by atoms with Crippen molar-refractivity contribution in [2.45, 2.75) is 0 Å². The van der Waals surface area contributed by atoms with E-state index in [0.29, 0.717) is 0 Å². The third-order valence-electron chi connectivity index (χ3n) is 0.145. The van der Waals surface area contributed by atoms with E-state index in [1.807, 2.05) is 0 Å². The number of carbonyl (C=O) groups excluding carboxylic acids is 1. The molecular formula is C2H4FNO. The molecule has 0 saturated carbocycles. The molecule has 0 spiro atoms. The molecule has 0 rings (SSSR count). The van der Waals surface area contributed by atoms with Gasteiger partial charge in [0.2, 0.25) is 6.41 Å². The van der Waals surface area contributed by atoms with E-state index in [0.717, 1.165) is 7.05 Å². The molecule has 0 aliphatic carbocycles. The first kappa shape index (κ1) is 4.40. The van der Waals surface area contributed by atoms with Gasteiger partial charge in [0.15, 0.2) is 0 Å². The van der Waals surface area contributed by atoms with Gasteiger partial charge in [-0.15, -0.1) is 0 Å². The largest absolute Gasteiger partial charge is 0.276 e. The van der Waals surface area contributed by atoms with Gasteiger partial charge in [0, 0.05) is 7.05 Å². The lowest BCUT2D eigenvalue weighted by Crippen LogP contribution is -1.99. The number of halogens is 1. The van der Waals surface area contributed by atoms with Crippen molar-refractivity contribution in [3.8, 4) is 0 Å². The zero-order chi connectivity index (χ0) is 4.28. The Labute approximate surface area is 29.1 Å². The molecule has 0 unspecified atom stereocenters. The number of hydrogen-bond donors (Lipinski definition) is 0. The Morgan fingerprint density at radius 2 is 2.20 bits per heavy atom. The summed E-state index contributed by atoms with van der Waals surface area (Å²) in [4.78, 5) is 9.06. The van der Waals surface area contributed by atoms with E-state index in [-0.39, 0.29) is 11.5 Å². The van der Waals surface area contributed by atoms with Gasteiger partial charge in [-0.2, -0.15) is 5.12 Å². The van der Waals surface area contributed by atoms with Crippen LogP contribution in [0.25, 0.3) is 0 Å². The predicted molar refractivity (Wildman–Crippen MR) is 14.9 cm³/mol. The Morgan fingerprint density at radius 1 is 2.00 bits per heavy atom. The van der Waals surface area contributed by atoms with Gasteiger partial charge in [-0.3, -0.25) is 4.79 Å². The van der Waals surface area contributed by atoms with Crippen molar-refractivity contribution in [1.82, 2.24) is 5.12 Å². The second-order valence-electron chi connectivity index (χ2n) is 0.630. The molecule has 0 N–H and O–H groups in total. The van der Waals surface area contributed by atoms with Gasteiger partial charge in [-0.25, -0.2) is 0 Å². The Balaban J connectivity index is 2.83. The van der Waals surface area contributed by atoms with Crippen molar-refractivity contribution >= 4 is 6.41 Å². The molecule has 0 aromatic rings. The van der Waals surface area contributed by atoms with Crippen LogP contribution in [0.2, 0.25) is 0 Å². The maximum absolute atomic E-state index is 10.9. The van der Waals surface area contributed by atoms with Crippen LogP contribution in [-0.2, 0) is 4.79 Å². The summed E-state index contributed by atoms with van der Waals surface area (Å²) in [5.41, 5.74) is 0. The third kappa shape index (κ3) is 3.40. The zero-order valence-corrected chi connectivity index (χ0v) is 2.81. The van der Waals surface area contributed by atoms with Crippen LogP contribution < -0.4 is 0 Å². The molecule has 2 nitrogen and oxygen atoms in total. The smallest absolute Gasteiger partial charge is 0.237 e. The highest BCUT2D eigenvalue weighted by Crippen LogP contribution is 1.65. The molecule has 0 atom stereocenters. The van der Waals surface area contributed by atoms with Crippen LogP contribution in [0.5, 0.6) is 0 Å². The average molecular weight is 77.1 g/mol. The molecule has 5 heavy (non-hydrogen) atoms. The van der Waals surface area contributed by atoms with E-state index < -0.39 is 0 Å². The van der Waals surface area contributed by atoms with Crippen molar-refractivity contribution in [3.63, 3.8) is 0 Å². The first-order valence-electron chi connectivity index (χ1n) is 1.11. The molecule has 0 fully saturated rings. The highest BCUT2D eigenvalue weighted by molar-refractivity contribution is 5.43.